The zero-order valence-electron chi connectivity index (χ0n) is 12.5. The number of halogens is 3. The van der Waals surface area contributed by atoms with Crippen LogP contribution in [0, 0.1) is 0 Å². The molecule has 2 aromatic rings. The Balaban J connectivity index is 2.05. The number of nitrogens with one attached hydrogen (secondary N) is 1. The summed E-state index contributed by atoms with van der Waals surface area (Å²) >= 11 is 0. The van der Waals surface area contributed by atoms with Crippen LogP contribution in [-0.4, -0.2) is 12.5 Å². The van der Waals surface area contributed by atoms with Crippen LogP contribution in [0.15, 0.2) is 55.1 Å². The molecular weight excluding hydrogens is 323 g/mol. The first kappa shape index (κ1) is 17.4. The number of benzene rings is 2. The van der Waals surface area contributed by atoms with Crippen molar-refractivity contribution < 1.29 is 27.4 Å². The SMILES string of the molecule is C=Cc1ccc(OC(F)(F)F)cc1NC(=O)OCc1ccccc1. The van der Waals surface area contributed by atoms with E-state index in [1.807, 2.05) is 6.07 Å². The highest BCUT2D eigenvalue weighted by molar-refractivity contribution is 5.88. The van der Waals surface area contributed by atoms with Crippen molar-refractivity contribution in [2.45, 2.75) is 13.0 Å². The zero-order valence-corrected chi connectivity index (χ0v) is 12.5. The molecule has 0 unspecified atom stereocenters. The molecule has 0 radical (unpaired) electrons. The molecule has 1 amide bonds. The molecule has 0 saturated heterocycles. The first-order valence-electron chi connectivity index (χ1n) is 6.87. The highest BCUT2D eigenvalue weighted by Gasteiger charge is 2.31. The fourth-order valence-corrected chi connectivity index (χ4v) is 1.89. The number of hydrogen-bond acceptors (Lipinski definition) is 3. The largest absolute Gasteiger partial charge is 0.573 e. The van der Waals surface area contributed by atoms with E-state index in [4.69, 9.17) is 4.74 Å². The van der Waals surface area contributed by atoms with Crippen molar-refractivity contribution >= 4 is 17.9 Å². The van der Waals surface area contributed by atoms with Gasteiger partial charge in [-0.25, -0.2) is 4.79 Å². The fraction of sp³-hybridized carbons (Fsp3) is 0.118. The van der Waals surface area contributed by atoms with Gasteiger partial charge in [0.05, 0.1) is 5.69 Å². The van der Waals surface area contributed by atoms with E-state index in [0.29, 0.717) is 5.56 Å². The van der Waals surface area contributed by atoms with Gasteiger partial charge in [0, 0.05) is 6.07 Å². The Morgan fingerprint density at radius 1 is 1.17 bits per heavy atom. The maximum atomic E-state index is 12.3. The van der Waals surface area contributed by atoms with Crippen molar-refractivity contribution in [2.75, 3.05) is 5.32 Å². The monoisotopic (exact) mass is 337 g/mol. The molecule has 0 aliphatic heterocycles. The first-order valence-corrected chi connectivity index (χ1v) is 6.87. The summed E-state index contributed by atoms with van der Waals surface area (Å²) in [5.41, 5.74) is 1.32. The third kappa shape index (κ3) is 5.35. The second-order valence-electron chi connectivity index (χ2n) is 4.69. The molecule has 0 aliphatic rings. The van der Waals surface area contributed by atoms with E-state index >= 15 is 0 Å². The number of amides is 1. The molecule has 24 heavy (non-hydrogen) atoms. The van der Waals surface area contributed by atoms with E-state index in [1.165, 1.54) is 12.1 Å². The maximum absolute atomic E-state index is 12.3. The molecular formula is C17H14F3NO3. The van der Waals surface area contributed by atoms with Gasteiger partial charge in [0.2, 0.25) is 0 Å². The van der Waals surface area contributed by atoms with Crippen molar-refractivity contribution in [1.82, 2.24) is 0 Å². The summed E-state index contributed by atoms with van der Waals surface area (Å²) in [6.07, 6.45) is -4.23. The van der Waals surface area contributed by atoms with E-state index in [9.17, 15) is 18.0 Å². The lowest BCUT2D eigenvalue weighted by Crippen LogP contribution is -2.18. The van der Waals surface area contributed by atoms with Crippen LogP contribution < -0.4 is 10.1 Å². The van der Waals surface area contributed by atoms with Crippen LogP contribution in [-0.2, 0) is 11.3 Å². The Bertz CT molecular complexity index is 715. The Hall–Kier alpha value is -2.96. The number of carbonyl (C=O) groups excluding carboxylic acids is 1. The zero-order chi connectivity index (χ0) is 17.6. The van der Waals surface area contributed by atoms with E-state index in [1.54, 1.807) is 24.3 Å². The number of hydrogen-bond donors (Lipinski definition) is 1. The lowest BCUT2D eigenvalue weighted by Gasteiger charge is -2.13. The van der Waals surface area contributed by atoms with Gasteiger partial charge in [-0.05, 0) is 23.3 Å². The molecule has 126 valence electrons. The predicted octanol–water partition coefficient (Wildman–Crippen LogP) is 4.98. The first-order chi connectivity index (χ1) is 11.4. The normalized spacial score (nSPS) is 10.8. The highest BCUT2D eigenvalue weighted by atomic mass is 19.4. The van der Waals surface area contributed by atoms with Crippen molar-refractivity contribution in [3.8, 4) is 5.75 Å². The van der Waals surface area contributed by atoms with Gasteiger partial charge in [-0.2, -0.15) is 0 Å². The van der Waals surface area contributed by atoms with E-state index < -0.39 is 18.2 Å². The molecule has 2 aromatic carbocycles. The van der Waals surface area contributed by atoms with Gasteiger partial charge in [0.1, 0.15) is 12.4 Å². The van der Waals surface area contributed by atoms with Crippen molar-refractivity contribution in [3.05, 3.63) is 66.2 Å². The molecule has 1 N–H and O–H groups in total. The quantitative estimate of drug-likeness (QED) is 0.837. The number of rotatable bonds is 5. The molecule has 0 aromatic heterocycles. The smallest absolute Gasteiger partial charge is 0.444 e. The second kappa shape index (κ2) is 7.54. The Morgan fingerprint density at radius 3 is 2.50 bits per heavy atom. The molecule has 2 rings (SSSR count). The van der Waals surface area contributed by atoms with Crippen molar-refractivity contribution in [3.63, 3.8) is 0 Å². The Labute approximate surface area is 136 Å². The third-order valence-electron chi connectivity index (χ3n) is 2.93. The summed E-state index contributed by atoms with van der Waals surface area (Å²) in [7, 11) is 0. The molecule has 0 saturated carbocycles. The van der Waals surface area contributed by atoms with Gasteiger partial charge in [-0.1, -0.05) is 43.0 Å². The standard InChI is InChI=1S/C17H14F3NO3/c1-2-13-8-9-14(24-17(18,19)20)10-15(13)21-16(22)23-11-12-6-4-3-5-7-12/h2-10H,1,11H2,(H,21,22). The Kier molecular flexibility index (Phi) is 5.47. The van der Waals surface area contributed by atoms with Gasteiger partial charge >= 0.3 is 12.5 Å². The van der Waals surface area contributed by atoms with Gasteiger partial charge in [0.25, 0.3) is 0 Å². The molecule has 0 atom stereocenters. The molecule has 7 heteroatoms. The van der Waals surface area contributed by atoms with Crippen LogP contribution in [0.25, 0.3) is 6.08 Å². The number of anilines is 1. The van der Waals surface area contributed by atoms with Gasteiger partial charge in [-0.3, -0.25) is 5.32 Å². The summed E-state index contributed by atoms with van der Waals surface area (Å²) in [6.45, 7) is 3.58. The topological polar surface area (TPSA) is 47.6 Å². The molecule has 0 aliphatic carbocycles. The Morgan fingerprint density at radius 2 is 1.88 bits per heavy atom. The number of ether oxygens (including phenoxy) is 2. The molecule has 0 spiro atoms. The molecule has 0 bridgehead atoms. The summed E-state index contributed by atoms with van der Waals surface area (Å²) in [4.78, 5) is 11.8. The van der Waals surface area contributed by atoms with Gasteiger partial charge in [0.15, 0.2) is 0 Å². The number of alkyl halides is 3. The van der Waals surface area contributed by atoms with Crippen LogP contribution in [0.3, 0.4) is 0 Å². The predicted molar refractivity (Wildman–Crippen MR) is 83.5 cm³/mol. The van der Waals surface area contributed by atoms with E-state index in [2.05, 4.69) is 16.6 Å². The lowest BCUT2D eigenvalue weighted by molar-refractivity contribution is -0.274. The minimum Gasteiger partial charge on any atom is -0.444 e. The molecule has 0 heterocycles. The van der Waals surface area contributed by atoms with E-state index in [0.717, 1.165) is 17.7 Å². The van der Waals surface area contributed by atoms with Crippen LogP contribution in [0.4, 0.5) is 23.7 Å². The molecule has 4 nitrogen and oxygen atoms in total. The van der Waals surface area contributed by atoms with Crippen molar-refractivity contribution in [1.29, 1.82) is 0 Å². The number of carbonyl (C=O) groups is 1. The van der Waals surface area contributed by atoms with Crippen molar-refractivity contribution in [2.24, 2.45) is 0 Å². The summed E-state index contributed by atoms with van der Waals surface area (Å²) in [6, 6.07) is 12.5. The summed E-state index contributed by atoms with van der Waals surface area (Å²) in [5.74, 6) is -0.452. The van der Waals surface area contributed by atoms with Gasteiger partial charge in [-0.15, -0.1) is 13.2 Å². The maximum Gasteiger partial charge on any atom is 0.573 e. The van der Waals surface area contributed by atoms with Crippen LogP contribution in [0.1, 0.15) is 11.1 Å². The summed E-state index contributed by atoms with van der Waals surface area (Å²) < 4.78 is 45.7. The minimum atomic E-state index is -4.82. The average molecular weight is 337 g/mol. The average Bonchev–Trinajstić information content (AvgIpc) is 2.53. The van der Waals surface area contributed by atoms with Crippen LogP contribution in [0.5, 0.6) is 5.75 Å². The summed E-state index contributed by atoms with van der Waals surface area (Å²) in [5, 5.41) is 2.38. The molecule has 0 fully saturated rings. The third-order valence-corrected chi connectivity index (χ3v) is 2.93. The van der Waals surface area contributed by atoms with Crippen LogP contribution >= 0.6 is 0 Å². The second-order valence-corrected chi connectivity index (χ2v) is 4.69. The lowest BCUT2D eigenvalue weighted by atomic mass is 10.1. The minimum absolute atomic E-state index is 0.0365. The highest BCUT2D eigenvalue weighted by Crippen LogP contribution is 2.28. The van der Waals surface area contributed by atoms with Crippen LogP contribution in [0.2, 0.25) is 0 Å². The van der Waals surface area contributed by atoms with E-state index in [-0.39, 0.29) is 12.3 Å². The van der Waals surface area contributed by atoms with Gasteiger partial charge < -0.3 is 9.47 Å². The fourth-order valence-electron chi connectivity index (χ4n) is 1.89.